The number of nitrogens with zero attached hydrogens (tertiary/aromatic N) is 7. The number of ether oxygens (including phenoxy) is 2. The van der Waals surface area contributed by atoms with E-state index in [0.29, 0.717) is 38.0 Å². The molecule has 210 valence electrons. The quantitative estimate of drug-likeness (QED) is 0.391. The van der Waals surface area contributed by atoms with Crippen LogP contribution in [0.2, 0.25) is 0 Å². The molecule has 0 radical (unpaired) electrons. The van der Waals surface area contributed by atoms with Crippen LogP contribution in [0.3, 0.4) is 0 Å². The van der Waals surface area contributed by atoms with Gasteiger partial charge in [0.15, 0.2) is 0 Å². The topological polar surface area (TPSA) is 119 Å². The number of fused-ring (bicyclic) bond motifs is 4. The predicted octanol–water partition coefficient (Wildman–Crippen LogP) is 4.13. The summed E-state index contributed by atoms with van der Waals surface area (Å²) in [6.45, 7) is 14.5. The van der Waals surface area contributed by atoms with Gasteiger partial charge in [-0.05, 0) is 45.9 Å². The average molecular weight is 537 g/mol. The Balaban J connectivity index is 0.00000172. The van der Waals surface area contributed by atoms with Gasteiger partial charge in [-0.25, -0.2) is 4.68 Å². The van der Waals surface area contributed by atoms with Crippen molar-refractivity contribution >= 4 is 23.1 Å². The summed E-state index contributed by atoms with van der Waals surface area (Å²) < 4.78 is 16.0. The molecule has 2 N–H and O–H groups in total. The van der Waals surface area contributed by atoms with Gasteiger partial charge in [0.1, 0.15) is 6.10 Å². The van der Waals surface area contributed by atoms with Crippen molar-refractivity contribution < 1.29 is 14.6 Å². The van der Waals surface area contributed by atoms with Crippen molar-refractivity contribution in [1.82, 2.24) is 39.6 Å². The van der Waals surface area contributed by atoms with Gasteiger partial charge in [0.25, 0.3) is 0 Å². The summed E-state index contributed by atoms with van der Waals surface area (Å²) in [5.41, 5.74) is 5.05. The van der Waals surface area contributed by atoms with Crippen molar-refractivity contribution in [1.29, 1.82) is 0 Å². The molecule has 11 nitrogen and oxygen atoms in total. The van der Waals surface area contributed by atoms with Gasteiger partial charge in [0.2, 0.25) is 11.8 Å². The minimum absolute atomic E-state index is 0.0202. The second-order valence-electron chi connectivity index (χ2n) is 9.54. The number of aliphatic hydroxyl groups excluding tert-OH is 1. The smallest absolute Gasteiger partial charge is 0.240 e. The molecule has 0 amide bonds. The van der Waals surface area contributed by atoms with Crippen LogP contribution in [0.5, 0.6) is 11.8 Å². The van der Waals surface area contributed by atoms with Crippen LogP contribution in [-0.2, 0) is 20.1 Å². The number of aryl methyl sites for hydroxylation is 1. The van der Waals surface area contributed by atoms with Gasteiger partial charge in [-0.1, -0.05) is 13.8 Å². The maximum absolute atomic E-state index is 9.75. The standard InChI is InChI=1S/C26H34N8O3.C2H6/c1-6-36-25-18-7-8-21-19-11-22(27-13-23(19)30-29-21)20-12-28-32(5)26(20)37-17(4)14-33(16(2)3)15-24(18)34(31-25)9-10-35;1-2/h7-8,11-13,16-17,35H,6,9-10,14-15H2,1-5H3,(H,29,30);1-2H3/b8-7+;. The lowest BCUT2D eigenvalue weighted by Gasteiger charge is -2.30. The molecular formula is C28H40N8O3. The molecule has 4 aromatic rings. The van der Waals surface area contributed by atoms with E-state index in [9.17, 15) is 5.11 Å². The Morgan fingerprint density at radius 2 is 2.03 bits per heavy atom. The van der Waals surface area contributed by atoms with Crippen molar-refractivity contribution in [2.45, 2.75) is 66.8 Å². The second kappa shape index (κ2) is 12.4. The minimum atomic E-state index is -0.130. The molecule has 5 heterocycles. The Hall–Kier alpha value is -3.70. The maximum Gasteiger partial charge on any atom is 0.240 e. The Bertz CT molecular complexity index is 1420. The molecule has 0 fully saturated rings. The van der Waals surface area contributed by atoms with Gasteiger partial charge in [-0.15, -0.1) is 5.10 Å². The number of rotatable bonds is 5. The second-order valence-corrected chi connectivity index (χ2v) is 9.54. The van der Waals surface area contributed by atoms with Crippen molar-refractivity contribution in [3.05, 3.63) is 35.4 Å². The SMILES string of the molecule is CC.CCOc1nn(CCO)c2c1/C=C/c1n[nH]c3cnc(cc13)-c1cnn(C)c1OC(C)CN(C(C)C)C2. The molecule has 5 rings (SSSR count). The molecule has 4 aromatic heterocycles. The van der Waals surface area contributed by atoms with E-state index in [-0.39, 0.29) is 18.8 Å². The Labute approximate surface area is 229 Å². The van der Waals surface area contributed by atoms with E-state index in [1.54, 1.807) is 17.1 Å². The largest absolute Gasteiger partial charge is 0.476 e. The van der Waals surface area contributed by atoms with Crippen LogP contribution in [0.1, 0.15) is 58.5 Å². The van der Waals surface area contributed by atoms with E-state index < -0.39 is 0 Å². The summed E-state index contributed by atoms with van der Waals surface area (Å²) in [6, 6.07) is 2.24. The molecule has 2 bridgehead atoms. The third-order valence-corrected chi connectivity index (χ3v) is 6.59. The van der Waals surface area contributed by atoms with Crippen molar-refractivity contribution in [3.63, 3.8) is 0 Å². The zero-order valence-electron chi connectivity index (χ0n) is 24.0. The number of H-pyrrole nitrogens is 1. The molecule has 1 atom stereocenters. The monoisotopic (exact) mass is 536 g/mol. The first-order valence-corrected chi connectivity index (χ1v) is 13.7. The lowest BCUT2D eigenvalue weighted by molar-refractivity contribution is 0.109. The number of hydrogen-bond donors (Lipinski definition) is 2. The zero-order chi connectivity index (χ0) is 28.1. The van der Waals surface area contributed by atoms with Crippen LogP contribution in [0.15, 0.2) is 18.5 Å². The van der Waals surface area contributed by atoms with Gasteiger partial charge in [0.05, 0.1) is 65.9 Å². The molecule has 0 spiro atoms. The summed E-state index contributed by atoms with van der Waals surface area (Å²) in [4.78, 5) is 6.99. The summed E-state index contributed by atoms with van der Waals surface area (Å²) in [5.74, 6) is 1.21. The Kier molecular flexibility index (Phi) is 9.03. The summed E-state index contributed by atoms with van der Waals surface area (Å²) >= 11 is 0. The van der Waals surface area contributed by atoms with Gasteiger partial charge in [-0.3, -0.25) is 19.7 Å². The molecular weight excluding hydrogens is 496 g/mol. The molecule has 0 aromatic carbocycles. The van der Waals surface area contributed by atoms with Crippen LogP contribution in [0.25, 0.3) is 34.3 Å². The Morgan fingerprint density at radius 3 is 2.74 bits per heavy atom. The highest BCUT2D eigenvalue weighted by molar-refractivity contribution is 5.91. The molecule has 0 aliphatic carbocycles. The predicted molar refractivity (Wildman–Crippen MR) is 152 cm³/mol. The van der Waals surface area contributed by atoms with Gasteiger partial charge in [-0.2, -0.15) is 10.2 Å². The highest BCUT2D eigenvalue weighted by atomic mass is 16.5. The molecule has 0 saturated heterocycles. The lowest BCUT2D eigenvalue weighted by Crippen LogP contribution is -2.39. The normalized spacial score (nSPS) is 16.6. The van der Waals surface area contributed by atoms with Crippen LogP contribution >= 0.6 is 0 Å². The zero-order valence-corrected chi connectivity index (χ0v) is 24.0. The Morgan fingerprint density at radius 1 is 1.23 bits per heavy atom. The summed E-state index contributed by atoms with van der Waals surface area (Å²) in [5, 5.41) is 27.4. The van der Waals surface area contributed by atoms with E-state index in [2.05, 4.69) is 46.0 Å². The number of nitrogens with one attached hydrogen (secondary N) is 1. The molecule has 1 unspecified atom stereocenters. The van der Waals surface area contributed by atoms with Gasteiger partial charge >= 0.3 is 0 Å². The first-order chi connectivity index (χ1) is 18.9. The number of aromatic amines is 1. The first-order valence-electron chi connectivity index (χ1n) is 13.7. The number of aromatic nitrogens is 7. The van der Waals surface area contributed by atoms with Crippen molar-refractivity contribution in [3.8, 4) is 23.0 Å². The van der Waals surface area contributed by atoms with Gasteiger partial charge < -0.3 is 14.6 Å². The maximum atomic E-state index is 9.75. The number of pyridine rings is 1. The molecule has 11 heteroatoms. The van der Waals surface area contributed by atoms with E-state index in [4.69, 9.17) is 14.6 Å². The van der Waals surface area contributed by atoms with E-state index >= 15 is 0 Å². The molecule has 1 aliphatic rings. The summed E-state index contributed by atoms with van der Waals surface area (Å²) in [7, 11) is 1.87. The fourth-order valence-corrected chi connectivity index (χ4v) is 4.67. The van der Waals surface area contributed by atoms with Crippen LogP contribution < -0.4 is 9.47 Å². The van der Waals surface area contributed by atoms with Crippen molar-refractivity contribution in [2.24, 2.45) is 7.05 Å². The lowest BCUT2D eigenvalue weighted by atomic mass is 10.1. The number of aliphatic hydroxyl groups is 1. The number of hydrogen-bond acceptors (Lipinski definition) is 8. The van der Waals surface area contributed by atoms with Gasteiger partial charge in [0, 0.05) is 31.6 Å². The molecule has 0 saturated carbocycles. The van der Waals surface area contributed by atoms with Crippen molar-refractivity contribution in [2.75, 3.05) is 19.8 Å². The third kappa shape index (κ3) is 5.84. The van der Waals surface area contributed by atoms with Crippen LogP contribution in [0.4, 0.5) is 0 Å². The van der Waals surface area contributed by atoms with Crippen LogP contribution in [0, 0.1) is 0 Å². The minimum Gasteiger partial charge on any atom is -0.476 e. The highest BCUT2D eigenvalue weighted by Crippen LogP contribution is 2.33. The molecule has 1 aliphatic heterocycles. The fraction of sp³-hybridized carbons (Fsp3) is 0.500. The fourth-order valence-electron chi connectivity index (χ4n) is 4.67. The third-order valence-electron chi connectivity index (χ3n) is 6.59. The first kappa shape index (κ1) is 28.3. The molecule has 39 heavy (non-hydrogen) atoms. The van der Waals surface area contributed by atoms with Crippen LogP contribution in [-0.4, -0.2) is 76.7 Å². The average Bonchev–Trinajstić information content (AvgIpc) is 3.59. The summed E-state index contributed by atoms with van der Waals surface area (Å²) in [6.07, 6.45) is 7.42. The van der Waals surface area contributed by atoms with E-state index in [1.165, 1.54) is 0 Å². The van der Waals surface area contributed by atoms with E-state index in [1.807, 2.05) is 50.7 Å². The highest BCUT2D eigenvalue weighted by Gasteiger charge is 2.25. The van der Waals surface area contributed by atoms with E-state index in [0.717, 1.165) is 39.1 Å².